The molecule has 0 aromatic carbocycles. The van der Waals surface area contributed by atoms with Gasteiger partial charge in [-0.2, -0.15) is 0 Å². The third-order valence-corrected chi connectivity index (χ3v) is 5.34. The number of Topliss-reactive ketones (excluding diaryl/α,β-unsaturated/α-hetero) is 2. The van der Waals surface area contributed by atoms with Gasteiger partial charge in [0.05, 0.1) is 6.33 Å². The Balaban J connectivity index is 2.31. The number of carbonyl (C=O) groups is 3. The van der Waals surface area contributed by atoms with Gasteiger partial charge in [-0.1, -0.05) is 0 Å². The molecule has 1 aromatic heterocycles. The van der Waals surface area contributed by atoms with E-state index in [-0.39, 0.29) is 18.0 Å². The van der Waals surface area contributed by atoms with Gasteiger partial charge < -0.3 is 15.4 Å². The van der Waals surface area contributed by atoms with E-state index in [2.05, 4.69) is 4.98 Å². The average molecular weight is 373 g/mol. The zero-order valence-corrected chi connectivity index (χ0v) is 16.3. The number of aliphatic hydroxyl groups is 1. The molecule has 2 rings (SSSR count). The van der Waals surface area contributed by atoms with Gasteiger partial charge in [-0.15, -0.1) is 0 Å². The molecule has 1 amide bonds. The van der Waals surface area contributed by atoms with Crippen LogP contribution >= 0.6 is 0 Å². The molecule has 0 fully saturated rings. The van der Waals surface area contributed by atoms with Crippen molar-refractivity contribution in [2.45, 2.75) is 59.1 Å². The molecule has 0 radical (unpaired) electrons. The van der Waals surface area contributed by atoms with Gasteiger partial charge in [-0.05, 0) is 52.9 Å². The highest BCUT2D eigenvalue weighted by Crippen LogP contribution is 2.35. The zero-order valence-electron chi connectivity index (χ0n) is 16.3. The number of aromatic nitrogens is 2. The van der Waals surface area contributed by atoms with Crippen molar-refractivity contribution in [3.8, 4) is 0 Å². The summed E-state index contributed by atoms with van der Waals surface area (Å²) in [7, 11) is 0. The molecule has 7 nitrogen and oxygen atoms in total. The van der Waals surface area contributed by atoms with Crippen LogP contribution in [0, 0.1) is 5.92 Å². The molecule has 146 valence electrons. The van der Waals surface area contributed by atoms with Crippen molar-refractivity contribution in [3.63, 3.8) is 0 Å². The van der Waals surface area contributed by atoms with Crippen molar-refractivity contribution in [2.24, 2.45) is 11.7 Å². The quantitative estimate of drug-likeness (QED) is 0.673. The number of ketones is 2. The Morgan fingerprint density at radius 3 is 2.41 bits per heavy atom. The first-order valence-corrected chi connectivity index (χ1v) is 9.02. The molecule has 1 aliphatic rings. The number of amides is 1. The van der Waals surface area contributed by atoms with Gasteiger partial charge in [0.1, 0.15) is 5.60 Å². The second kappa shape index (κ2) is 8.00. The van der Waals surface area contributed by atoms with Crippen LogP contribution < -0.4 is 5.73 Å². The van der Waals surface area contributed by atoms with Crippen LogP contribution in [-0.2, 0) is 20.9 Å². The molecular formula is C20H27N3O4. The van der Waals surface area contributed by atoms with Crippen molar-refractivity contribution in [1.82, 2.24) is 9.55 Å². The third-order valence-electron chi connectivity index (χ3n) is 5.34. The summed E-state index contributed by atoms with van der Waals surface area (Å²) in [4.78, 5) is 41.0. The molecular weight excluding hydrogens is 346 g/mol. The van der Waals surface area contributed by atoms with Crippen LogP contribution in [0.25, 0.3) is 0 Å². The summed E-state index contributed by atoms with van der Waals surface area (Å²) < 4.78 is 1.91. The Kier molecular flexibility index (Phi) is 6.15. The monoisotopic (exact) mass is 373 g/mol. The lowest BCUT2D eigenvalue weighted by Crippen LogP contribution is -2.43. The van der Waals surface area contributed by atoms with Crippen LogP contribution in [0.3, 0.4) is 0 Å². The van der Waals surface area contributed by atoms with Crippen LogP contribution in [0.4, 0.5) is 0 Å². The number of aryl methyl sites for hydroxylation is 1. The molecule has 7 heteroatoms. The highest BCUT2D eigenvalue weighted by atomic mass is 16.3. The van der Waals surface area contributed by atoms with E-state index in [1.807, 2.05) is 10.8 Å². The molecule has 1 heterocycles. The minimum Gasteiger partial charge on any atom is -0.380 e. The summed E-state index contributed by atoms with van der Waals surface area (Å²) in [5.41, 5.74) is 5.19. The summed E-state index contributed by atoms with van der Waals surface area (Å²) in [5.74, 6) is -1.66. The smallest absolute Gasteiger partial charge is 0.249 e. The van der Waals surface area contributed by atoms with Gasteiger partial charge in [0.25, 0.3) is 0 Å². The Morgan fingerprint density at radius 2 is 1.85 bits per heavy atom. The first-order valence-electron chi connectivity index (χ1n) is 9.02. The number of rotatable bonds is 8. The van der Waals surface area contributed by atoms with Crippen molar-refractivity contribution in [1.29, 1.82) is 0 Å². The Bertz CT molecular complexity index is 816. The predicted molar refractivity (Wildman–Crippen MR) is 100 cm³/mol. The number of hydrogen-bond donors (Lipinski definition) is 2. The minimum atomic E-state index is -1.76. The SMILES string of the molecule is CC1=C(C)C(=O)C(C(CCCn2ccnc2)CC(C)(O)C(N)=O)=C(C)C1=O. The van der Waals surface area contributed by atoms with Crippen LogP contribution in [0.2, 0.25) is 0 Å². The van der Waals surface area contributed by atoms with Gasteiger partial charge in [-0.3, -0.25) is 14.4 Å². The van der Waals surface area contributed by atoms with E-state index in [1.54, 1.807) is 33.3 Å². The fraction of sp³-hybridized carbons (Fsp3) is 0.500. The van der Waals surface area contributed by atoms with Crippen molar-refractivity contribution >= 4 is 17.5 Å². The van der Waals surface area contributed by atoms with Crippen LogP contribution in [0.15, 0.2) is 41.0 Å². The maximum atomic E-state index is 12.9. The largest absolute Gasteiger partial charge is 0.380 e. The highest BCUT2D eigenvalue weighted by molar-refractivity contribution is 6.24. The maximum absolute atomic E-state index is 12.9. The highest BCUT2D eigenvalue weighted by Gasteiger charge is 2.38. The van der Waals surface area contributed by atoms with Gasteiger partial charge in [0, 0.05) is 41.2 Å². The van der Waals surface area contributed by atoms with Crippen molar-refractivity contribution in [2.75, 3.05) is 0 Å². The normalized spacial score (nSPS) is 18.7. The second-order valence-corrected chi connectivity index (χ2v) is 7.43. The lowest BCUT2D eigenvalue weighted by molar-refractivity contribution is -0.136. The lowest BCUT2D eigenvalue weighted by atomic mass is 9.74. The van der Waals surface area contributed by atoms with Crippen molar-refractivity contribution in [3.05, 3.63) is 41.0 Å². The molecule has 1 aromatic rings. The summed E-state index contributed by atoms with van der Waals surface area (Å²) in [5, 5.41) is 10.4. The molecule has 2 atom stereocenters. The molecule has 0 spiro atoms. The summed E-state index contributed by atoms with van der Waals surface area (Å²) in [6, 6.07) is 0. The van der Waals surface area contributed by atoms with E-state index in [1.165, 1.54) is 6.92 Å². The van der Waals surface area contributed by atoms with E-state index in [0.29, 0.717) is 41.7 Å². The number of nitrogens with zero attached hydrogens (tertiary/aromatic N) is 2. The standard InChI is InChI=1S/C20H27N3O4/c1-12-13(2)18(25)16(14(3)17(12)24)15(10-20(4,27)19(21)26)6-5-8-23-9-7-22-11-23/h7,9,11,15,27H,5-6,8,10H2,1-4H3,(H2,21,26). The second-order valence-electron chi connectivity index (χ2n) is 7.43. The average Bonchev–Trinajstić information content (AvgIpc) is 3.11. The summed E-state index contributed by atoms with van der Waals surface area (Å²) in [6.45, 7) is 6.93. The van der Waals surface area contributed by atoms with E-state index < -0.39 is 17.4 Å². The fourth-order valence-electron chi connectivity index (χ4n) is 3.48. The first-order chi connectivity index (χ1) is 12.6. The lowest BCUT2D eigenvalue weighted by Gasteiger charge is -2.30. The first kappa shape index (κ1) is 20.8. The van der Waals surface area contributed by atoms with Crippen LogP contribution in [-0.4, -0.2) is 37.7 Å². The maximum Gasteiger partial charge on any atom is 0.249 e. The molecule has 1 aliphatic carbocycles. The molecule has 0 saturated carbocycles. The van der Waals surface area contributed by atoms with Gasteiger partial charge in [0.15, 0.2) is 11.6 Å². The van der Waals surface area contributed by atoms with E-state index in [4.69, 9.17) is 5.73 Å². The van der Waals surface area contributed by atoms with E-state index in [9.17, 15) is 19.5 Å². The number of imidazole rings is 1. The predicted octanol–water partition coefficient (Wildman–Crippen LogP) is 1.71. The number of carbonyl (C=O) groups excluding carboxylic acids is 3. The molecule has 0 saturated heterocycles. The minimum absolute atomic E-state index is 0.00964. The fourth-order valence-corrected chi connectivity index (χ4v) is 3.48. The number of allylic oxidation sites excluding steroid dienone is 4. The Labute approximate surface area is 159 Å². The molecule has 0 aliphatic heterocycles. The van der Waals surface area contributed by atoms with Gasteiger partial charge in [-0.25, -0.2) is 4.98 Å². The van der Waals surface area contributed by atoms with Crippen LogP contribution in [0.5, 0.6) is 0 Å². The number of hydrogen-bond acceptors (Lipinski definition) is 5. The molecule has 2 unspecified atom stereocenters. The Morgan fingerprint density at radius 1 is 1.22 bits per heavy atom. The van der Waals surface area contributed by atoms with Gasteiger partial charge in [0.2, 0.25) is 5.91 Å². The molecule has 27 heavy (non-hydrogen) atoms. The summed E-state index contributed by atoms with van der Waals surface area (Å²) >= 11 is 0. The topological polar surface area (TPSA) is 115 Å². The third kappa shape index (κ3) is 4.42. The zero-order chi connectivity index (χ0) is 20.4. The molecule has 3 N–H and O–H groups in total. The van der Waals surface area contributed by atoms with Gasteiger partial charge >= 0.3 is 0 Å². The number of nitrogens with two attached hydrogens (primary N) is 1. The van der Waals surface area contributed by atoms with Crippen LogP contribution in [0.1, 0.15) is 47.0 Å². The van der Waals surface area contributed by atoms with E-state index >= 15 is 0 Å². The Hall–Kier alpha value is -2.54. The van der Waals surface area contributed by atoms with Crippen molar-refractivity contribution < 1.29 is 19.5 Å². The summed E-state index contributed by atoms with van der Waals surface area (Å²) in [6.07, 6.45) is 6.43. The van der Waals surface area contributed by atoms with E-state index in [0.717, 1.165) is 0 Å². The molecule has 0 bridgehead atoms. The number of primary amides is 1.